The van der Waals surface area contributed by atoms with Gasteiger partial charge in [-0.2, -0.15) is 0 Å². The van der Waals surface area contributed by atoms with Gasteiger partial charge in [0.25, 0.3) is 0 Å². The molecule has 0 unspecified atom stereocenters. The predicted molar refractivity (Wildman–Crippen MR) is 483 cm³/mol. The third-order valence-electron chi connectivity index (χ3n) is 24.4. The van der Waals surface area contributed by atoms with Gasteiger partial charge in [0, 0.05) is 43.4 Å². The van der Waals surface area contributed by atoms with Gasteiger partial charge >= 0.3 is 28.3 Å². The maximum Gasteiger partial charge on any atom is 0.494 e. The second-order valence-electron chi connectivity index (χ2n) is 34.6. The Hall–Kier alpha value is -10.3. The van der Waals surface area contributed by atoms with E-state index >= 15 is 0 Å². The molecule has 590 valence electrons. The number of nitrogens with zero attached hydrogens (tertiary/aromatic N) is 6. The molecule has 0 N–H and O–H groups in total. The largest absolute Gasteiger partial charge is 0.494 e. The molecule has 18 rings (SSSR count). The Morgan fingerprint density at radius 2 is 0.424 bits per heavy atom. The number of fused-ring (bicyclic) bond motifs is 2. The number of aromatic nitrogens is 6. The van der Waals surface area contributed by atoms with Crippen molar-refractivity contribution in [3.05, 3.63) is 289 Å². The second kappa shape index (κ2) is 31.8. The molecule has 0 saturated carbocycles. The van der Waals surface area contributed by atoms with Gasteiger partial charge < -0.3 is 37.2 Å². The molecule has 20 heteroatoms. The first-order valence-electron chi connectivity index (χ1n) is 40.2. The van der Waals surface area contributed by atoms with Crippen LogP contribution < -0.4 is 10.9 Å². The molecule has 0 radical (unpaired) electrons. The van der Waals surface area contributed by atoms with Crippen molar-refractivity contribution >= 4 is 83.9 Å². The molecule has 0 bridgehead atoms. The van der Waals surface area contributed by atoms with Crippen LogP contribution >= 0.6 is 23.2 Å². The van der Waals surface area contributed by atoms with Crippen molar-refractivity contribution in [3.8, 4) is 113 Å². The van der Waals surface area contributed by atoms with Gasteiger partial charge in [-0.1, -0.05) is 272 Å². The predicted octanol–water partition coefficient (Wildman–Crippen LogP) is 22.9. The van der Waals surface area contributed by atoms with Crippen LogP contribution in [-0.4, -0.2) is 103 Å². The van der Waals surface area contributed by atoms with Crippen LogP contribution in [0.3, 0.4) is 0 Å². The number of rotatable bonds is 13. The van der Waals surface area contributed by atoms with Gasteiger partial charge in [0.1, 0.15) is 0 Å². The smallest absolute Gasteiger partial charge is 0.405 e. The summed E-state index contributed by atoms with van der Waals surface area (Å²) in [6.07, 6.45) is 0. The summed E-state index contributed by atoms with van der Waals surface area (Å²) in [5.74, 6) is 3.78. The fraction of sp³-hybridized carbons (Fsp3) is 0.245. The third-order valence-corrected chi connectivity index (χ3v) is 24.8. The van der Waals surface area contributed by atoms with Gasteiger partial charge in [-0.25, -0.2) is 29.9 Å². The highest BCUT2D eigenvalue weighted by Crippen LogP contribution is 2.46. The van der Waals surface area contributed by atoms with Gasteiger partial charge in [0.2, 0.25) is 0 Å². The molecule has 14 aromatic rings. The summed E-state index contributed by atoms with van der Waals surface area (Å²) in [7, 11) is -2.06. The van der Waals surface area contributed by atoms with Crippen LogP contribution in [0.25, 0.3) is 134 Å². The highest BCUT2D eigenvalue weighted by molar-refractivity contribution is 7.11. The Morgan fingerprint density at radius 3 is 0.703 bits per heavy atom. The summed E-state index contributed by atoms with van der Waals surface area (Å²) >= 11 is 12.7. The molecule has 12 aromatic carbocycles. The summed E-state index contributed by atoms with van der Waals surface area (Å²) in [4.78, 5) is 29.6. The molecule has 4 saturated heterocycles. The van der Waals surface area contributed by atoms with Crippen molar-refractivity contribution in [2.24, 2.45) is 0 Å². The molecule has 118 heavy (non-hydrogen) atoms. The first kappa shape index (κ1) is 81.4. The fourth-order valence-corrected chi connectivity index (χ4v) is 15.4. The Bertz CT molecular complexity index is 5800. The zero-order valence-electron chi connectivity index (χ0n) is 69.6. The lowest BCUT2D eigenvalue weighted by molar-refractivity contribution is 0.00578. The second-order valence-corrected chi connectivity index (χ2v) is 35.5. The van der Waals surface area contributed by atoms with E-state index in [0.717, 1.165) is 110 Å². The van der Waals surface area contributed by atoms with Crippen molar-refractivity contribution in [1.29, 1.82) is 0 Å². The zero-order valence-corrected chi connectivity index (χ0v) is 71.1. The number of benzene rings is 12. The molecular weight excluding hydrogens is 1500 g/mol. The van der Waals surface area contributed by atoms with Crippen LogP contribution in [0.1, 0.15) is 111 Å². The maximum absolute atomic E-state index is 6.60. The lowest BCUT2D eigenvalue weighted by Crippen LogP contribution is -2.41. The minimum atomic E-state index is -0.556. The van der Waals surface area contributed by atoms with Crippen LogP contribution in [0.5, 0.6) is 0 Å². The van der Waals surface area contributed by atoms with E-state index < -0.39 is 50.7 Å². The quantitative estimate of drug-likeness (QED) is 0.101. The van der Waals surface area contributed by atoms with E-state index in [0.29, 0.717) is 45.0 Å². The van der Waals surface area contributed by atoms with Crippen molar-refractivity contribution in [2.75, 3.05) is 0 Å². The first-order valence-corrected chi connectivity index (χ1v) is 41.0. The Kier molecular flexibility index (Phi) is 21.9. The molecule has 14 nitrogen and oxygen atoms in total. The van der Waals surface area contributed by atoms with Crippen LogP contribution in [-0.2, 0) is 37.2 Å². The Balaban J connectivity index is 0.000000150. The average molecular weight is 1600 g/mol. The van der Waals surface area contributed by atoms with Crippen LogP contribution in [0.2, 0.25) is 10.0 Å². The van der Waals surface area contributed by atoms with Gasteiger partial charge in [-0.05, 0) is 218 Å². The van der Waals surface area contributed by atoms with Crippen LogP contribution in [0.15, 0.2) is 279 Å². The average Bonchev–Trinajstić information content (AvgIpc) is 1.62. The van der Waals surface area contributed by atoms with E-state index in [9.17, 15) is 0 Å². The minimum Gasteiger partial charge on any atom is -0.405 e. The van der Waals surface area contributed by atoms with E-state index in [-0.39, 0.29) is 22.4 Å². The first-order chi connectivity index (χ1) is 56.2. The number of hydrogen-bond acceptors (Lipinski definition) is 14. The highest BCUT2D eigenvalue weighted by atomic mass is 35.5. The highest BCUT2D eigenvalue weighted by Gasteiger charge is 2.64. The zero-order chi connectivity index (χ0) is 82.9. The summed E-state index contributed by atoms with van der Waals surface area (Å²) in [5, 5.41) is 5.72. The van der Waals surface area contributed by atoms with E-state index in [2.05, 4.69) is 189 Å². The maximum atomic E-state index is 6.60. The summed E-state index contributed by atoms with van der Waals surface area (Å²) in [6.45, 7) is 32.9. The molecule has 4 aliphatic rings. The van der Waals surface area contributed by atoms with Crippen molar-refractivity contribution in [1.82, 2.24) is 29.9 Å². The minimum absolute atomic E-state index is 0.360. The van der Waals surface area contributed by atoms with Crippen LogP contribution in [0.4, 0.5) is 0 Å². The summed E-state index contributed by atoms with van der Waals surface area (Å²) < 4.78 is 50.2. The SMILES string of the molecule is CC1(C)OB(B2OC(C)(C)C(C)(C)O2)OC1(C)C.CC1(C)OB(c2cc(B3OC(C)(C)C(C)(C)O3)cc(-c3ccc(-c4cccc(-c5nc(-c6ccccc6)nc(-c6ccccc6)n5)c4)c4ccccc34)c2)OC1(C)C.Clc1cc(Cl)cc(-c2ccc(-c3cccc(-c4nc(-c5ccccc5)nc(-c5ccccc5)n4)c3)c3ccccc23)c1. The standard InChI is InChI=1S/C49H47B2N3O4.C37H23Cl2N3.C12H24B2O4/c1-46(2)47(3,4)56-50(55-46)37-29-36(30-38(31-37)51-57-48(5,6)49(7,8)58-51)40-27-26-39(41-24-15-16-25-42(40)41)34-22-17-23-35(28-34)45-53-43(32-18-11-9-12-19-32)52-44(54-45)33-20-13-10-14-21-33;38-29-21-28(22-30(39)23-29)32-19-18-31(33-16-7-8-17-34(32)33)26-14-9-15-27(20-26)37-41-35(24-10-3-1-4-11-24)40-36(42-37)25-12-5-2-6-13-25;1-9(2)10(3,4)16-13(15-9)14-17-11(5,6)12(7,8)18-14/h9-31H,1-8H3;1-23H;1-8H3. The van der Waals surface area contributed by atoms with Gasteiger partial charge in [-0.3, -0.25) is 0 Å². The topological polar surface area (TPSA) is 151 Å². The van der Waals surface area contributed by atoms with E-state index in [4.69, 9.17) is 90.3 Å². The van der Waals surface area contributed by atoms with Gasteiger partial charge in [-0.15, -0.1) is 0 Å². The molecule has 0 aliphatic carbocycles. The monoisotopic (exact) mass is 1600 g/mol. The molecule has 0 spiro atoms. The number of hydrogen-bond donors (Lipinski definition) is 0. The van der Waals surface area contributed by atoms with Crippen molar-refractivity contribution < 1.29 is 37.2 Å². The molecule has 0 atom stereocenters. The number of halogens is 2. The Morgan fingerprint density at radius 1 is 0.203 bits per heavy atom. The van der Waals surface area contributed by atoms with E-state index in [1.807, 2.05) is 195 Å². The van der Waals surface area contributed by atoms with E-state index in [1.165, 1.54) is 0 Å². The van der Waals surface area contributed by atoms with Crippen LogP contribution in [0, 0.1) is 0 Å². The summed E-state index contributed by atoms with van der Waals surface area (Å²) in [5.41, 5.74) is 12.5. The third kappa shape index (κ3) is 16.4. The van der Waals surface area contributed by atoms with Gasteiger partial charge in [0.15, 0.2) is 34.9 Å². The normalized spacial score (nSPS) is 17.6. The fourth-order valence-electron chi connectivity index (χ4n) is 14.9. The molecule has 6 heterocycles. The molecular formula is C98H94B4Cl2N6O8. The van der Waals surface area contributed by atoms with Crippen molar-refractivity contribution in [2.45, 2.75) is 156 Å². The lowest BCUT2D eigenvalue weighted by atomic mass is 9.49. The van der Waals surface area contributed by atoms with Gasteiger partial charge in [0.05, 0.1) is 44.8 Å². The molecule has 4 fully saturated rings. The van der Waals surface area contributed by atoms with E-state index in [1.54, 1.807) is 6.07 Å². The Labute approximate surface area is 704 Å². The molecule has 4 aliphatic heterocycles. The lowest BCUT2D eigenvalue weighted by Gasteiger charge is -2.32. The summed E-state index contributed by atoms with van der Waals surface area (Å²) in [6, 6.07) is 94.8. The molecule has 0 amide bonds. The van der Waals surface area contributed by atoms with Crippen molar-refractivity contribution in [3.63, 3.8) is 0 Å². The molecule has 2 aromatic heterocycles.